The quantitative estimate of drug-likeness (QED) is 0.820. The van der Waals surface area contributed by atoms with Crippen LogP contribution >= 0.6 is 30.3 Å². The fourth-order valence-corrected chi connectivity index (χ4v) is 2.45. The van der Waals surface area contributed by atoms with Crippen LogP contribution in [-0.2, 0) is 0 Å². The lowest BCUT2D eigenvalue weighted by Gasteiger charge is -1.99. The highest BCUT2D eigenvalue weighted by Crippen LogP contribution is 2.25. The van der Waals surface area contributed by atoms with Gasteiger partial charge in [-0.25, -0.2) is 9.97 Å². The molecule has 6 heteroatoms. The Hall–Kier alpha value is -0.500. The second kappa shape index (κ2) is 3.33. The van der Waals surface area contributed by atoms with Gasteiger partial charge in [-0.1, -0.05) is 0 Å². The van der Waals surface area contributed by atoms with Crippen LogP contribution in [0.1, 0.15) is 5.82 Å². The first kappa shape index (κ1) is 9.07. The van der Waals surface area contributed by atoms with E-state index in [1.807, 2.05) is 23.2 Å². The number of aromatic nitrogens is 3. The third-order valence-electron chi connectivity index (χ3n) is 1.73. The van der Waals surface area contributed by atoms with Crippen molar-refractivity contribution in [3.63, 3.8) is 0 Å². The van der Waals surface area contributed by atoms with Crippen molar-refractivity contribution in [2.75, 3.05) is 5.73 Å². The van der Waals surface area contributed by atoms with Crippen LogP contribution in [0.25, 0.3) is 11.0 Å². The van der Waals surface area contributed by atoms with Crippen molar-refractivity contribution >= 4 is 47.2 Å². The minimum atomic E-state index is 0.548. The predicted octanol–water partition coefficient (Wildman–Crippen LogP) is 2.17. The smallest absolute Gasteiger partial charge is 0.156 e. The Morgan fingerprint density at radius 1 is 1.54 bits per heavy atom. The molecule has 4 nitrogen and oxygen atoms in total. The van der Waals surface area contributed by atoms with E-state index in [9.17, 15) is 0 Å². The Kier molecular flexibility index (Phi) is 2.33. The largest absolute Gasteiger partial charge is 0.383 e. The van der Waals surface area contributed by atoms with Crippen LogP contribution in [0, 0.1) is 6.92 Å². The highest BCUT2D eigenvalue weighted by molar-refractivity contribution is 14.2. The molecule has 13 heavy (non-hydrogen) atoms. The average Bonchev–Trinajstić information content (AvgIpc) is 2.47. The van der Waals surface area contributed by atoms with Crippen molar-refractivity contribution < 1.29 is 0 Å². The van der Waals surface area contributed by atoms with Crippen LogP contribution in [0.2, 0.25) is 0 Å². The minimum absolute atomic E-state index is 0.548. The lowest BCUT2D eigenvalue weighted by Crippen LogP contribution is -1.97. The summed E-state index contributed by atoms with van der Waals surface area (Å²) in [4.78, 5) is 8.40. The van der Waals surface area contributed by atoms with Gasteiger partial charge in [0, 0.05) is 36.5 Å². The molecular weight excluding hydrogens is 299 g/mol. The molecule has 0 saturated carbocycles. The van der Waals surface area contributed by atoms with E-state index >= 15 is 0 Å². The van der Waals surface area contributed by atoms with E-state index in [-0.39, 0.29) is 0 Å². The monoisotopic (exact) mass is 306 g/mol. The third-order valence-corrected chi connectivity index (χ3v) is 3.44. The van der Waals surface area contributed by atoms with Crippen LogP contribution in [0.4, 0.5) is 5.82 Å². The van der Waals surface area contributed by atoms with Gasteiger partial charge in [0.2, 0.25) is 0 Å². The molecule has 0 radical (unpaired) electrons. The highest BCUT2D eigenvalue weighted by Gasteiger charge is 2.06. The van der Waals surface area contributed by atoms with Gasteiger partial charge in [0.15, 0.2) is 5.65 Å². The van der Waals surface area contributed by atoms with Crippen molar-refractivity contribution in [2.45, 2.75) is 6.92 Å². The highest BCUT2D eigenvalue weighted by atomic mass is 127. The van der Waals surface area contributed by atoms with E-state index in [2.05, 4.69) is 31.2 Å². The Morgan fingerprint density at radius 3 is 3.00 bits per heavy atom. The van der Waals surface area contributed by atoms with Gasteiger partial charge in [-0.15, -0.1) is 0 Å². The molecule has 0 aliphatic carbocycles. The molecule has 0 fully saturated rings. The number of aryl methyl sites for hydroxylation is 1. The molecule has 0 bridgehead atoms. The summed E-state index contributed by atoms with van der Waals surface area (Å²) in [6.45, 7) is 1.84. The maximum atomic E-state index is 5.75. The van der Waals surface area contributed by atoms with Gasteiger partial charge in [-0.3, -0.25) is 3.97 Å². The van der Waals surface area contributed by atoms with Crippen molar-refractivity contribution in [2.24, 2.45) is 0 Å². The fourth-order valence-electron chi connectivity index (χ4n) is 1.18. The summed E-state index contributed by atoms with van der Waals surface area (Å²) >= 11 is 2.20. The molecule has 0 spiro atoms. The number of hydrogen-bond donors (Lipinski definition) is 1. The van der Waals surface area contributed by atoms with Gasteiger partial charge in [0.1, 0.15) is 11.6 Å². The first-order valence-corrected chi connectivity index (χ1v) is 6.94. The minimum Gasteiger partial charge on any atom is -0.383 e. The molecule has 2 N–H and O–H groups in total. The molecule has 0 aromatic carbocycles. The molecule has 0 atom stereocenters. The molecule has 0 unspecified atom stereocenters. The zero-order valence-corrected chi connectivity index (χ0v) is 9.83. The van der Waals surface area contributed by atoms with Gasteiger partial charge in [-0.05, 0) is 13.0 Å². The molecule has 2 aromatic heterocycles. The van der Waals surface area contributed by atoms with Crippen LogP contribution in [0.3, 0.4) is 0 Å². The summed E-state index contributed by atoms with van der Waals surface area (Å²) in [5, 5.41) is 0.912. The van der Waals surface area contributed by atoms with Gasteiger partial charge in [-0.2, -0.15) is 0 Å². The van der Waals surface area contributed by atoms with Gasteiger partial charge in [0.25, 0.3) is 0 Å². The number of hydrogen-bond acceptors (Lipinski definition) is 4. The molecule has 0 amide bonds. The SMILES string of the molecule is Cc1nc(N)c2ccn(SI)c2n1. The summed E-state index contributed by atoms with van der Waals surface area (Å²) in [5.41, 5.74) is 6.63. The Morgan fingerprint density at radius 2 is 2.31 bits per heavy atom. The van der Waals surface area contributed by atoms with Crippen LogP contribution in [0.15, 0.2) is 12.3 Å². The fraction of sp³-hybridized carbons (Fsp3) is 0.143. The van der Waals surface area contributed by atoms with E-state index in [1.165, 1.54) is 0 Å². The summed E-state index contributed by atoms with van der Waals surface area (Å²) in [6, 6.07) is 1.93. The molecular formula is C7H7IN4S. The molecule has 0 aliphatic heterocycles. The second-order valence-corrected chi connectivity index (χ2v) is 4.32. The lowest BCUT2D eigenvalue weighted by molar-refractivity contribution is 1.08. The standard InChI is InChI=1S/C7H7IN4S/c1-4-10-6(9)5-2-3-12(13-8)7(5)11-4/h2-3H,1H3,(H2,9,10,11). The Labute approximate surface area is 91.6 Å². The number of anilines is 1. The normalized spacial score (nSPS) is 10.9. The number of nitrogens with zero attached hydrogens (tertiary/aromatic N) is 3. The number of rotatable bonds is 1. The van der Waals surface area contributed by atoms with Crippen molar-refractivity contribution in [3.8, 4) is 0 Å². The maximum Gasteiger partial charge on any atom is 0.156 e. The van der Waals surface area contributed by atoms with Gasteiger partial charge < -0.3 is 5.73 Å². The summed E-state index contributed by atoms with van der Waals surface area (Å²) in [7, 11) is 1.56. The van der Waals surface area contributed by atoms with Crippen molar-refractivity contribution in [3.05, 3.63) is 18.1 Å². The Balaban J connectivity index is 2.82. The van der Waals surface area contributed by atoms with E-state index in [0.29, 0.717) is 11.6 Å². The molecule has 0 saturated heterocycles. The van der Waals surface area contributed by atoms with E-state index < -0.39 is 0 Å². The second-order valence-electron chi connectivity index (χ2n) is 2.60. The Bertz CT molecular complexity index is 453. The summed E-state index contributed by atoms with van der Waals surface area (Å²) < 4.78 is 1.96. The predicted molar refractivity (Wildman–Crippen MR) is 63.7 cm³/mol. The van der Waals surface area contributed by atoms with Gasteiger partial charge >= 0.3 is 0 Å². The molecule has 2 aromatic rings. The summed E-state index contributed by atoms with van der Waals surface area (Å²) in [5.74, 6) is 1.25. The molecule has 2 heterocycles. The van der Waals surface area contributed by atoms with Gasteiger partial charge in [0.05, 0.1) is 5.39 Å². The van der Waals surface area contributed by atoms with Crippen LogP contribution in [0.5, 0.6) is 0 Å². The molecule has 0 aliphatic rings. The number of halogens is 1. The first-order valence-electron chi connectivity index (χ1n) is 3.62. The third kappa shape index (κ3) is 1.48. The molecule has 68 valence electrons. The van der Waals surface area contributed by atoms with E-state index in [4.69, 9.17) is 5.73 Å². The number of fused-ring (bicyclic) bond motifs is 1. The van der Waals surface area contributed by atoms with E-state index in [1.54, 1.807) is 9.12 Å². The topological polar surface area (TPSA) is 56.7 Å². The maximum absolute atomic E-state index is 5.75. The molecule has 2 rings (SSSR count). The van der Waals surface area contributed by atoms with Crippen LogP contribution < -0.4 is 5.73 Å². The zero-order chi connectivity index (χ0) is 9.42. The first-order chi connectivity index (χ1) is 6.22. The summed E-state index contributed by atoms with van der Waals surface area (Å²) in [6.07, 6.45) is 1.94. The number of nitrogen functional groups attached to an aromatic ring is 1. The van der Waals surface area contributed by atoms with Crippen molar-refractivity contribution in [1.82, 2.24) is 13.9 Å². The van der Waals surface area contributed by atoms with Crippen LogP contribution in [-0.4, -0.2) is 13.9 Å². The van der Waals surface area contributed by atoms with E-state index in [0.717, 1.165) is 11.0 Å². The number of nitrogens with two attached hydrogens (primary N) is 1. The zero-order valence-electron chi connectivity index (χ0n) is 6.86. The lowest BCUT2D eigenvalue weighted by atomic mass is 10.4. The van der Waals surface area contributed by atoms with Crippen molar-refractivity contribution in [1.29, 1.82) is 0 Å². The average molecular weight is 306 g/mol.